The summed E-state index contributed by atoms with van der Waals surface area (Å²) in [7, 11) is 0. The second-order valence-corrected chi connectivity index (χ2v) is 7.89. The first-order chi connectivity index (χ1) is 10.3. The standard InChI is InChI=1S/C18H24O4/c1-17-8-12(20)7-15(17)14-4-2-10-6-11(19)3-5-13(10)18(14,22)16(21)9-17/h3,5-6,12,14-16,19-22H,2,4,7-9H2,1H3/t12?,14-,15-,16-,17-,18?/m0/s1. The van der Waals surface area contributed by atoms with Crippen LogP contribution in [-0.4, -0.2) is 32.6 Å². The summed E-state index contributed by atoms with van der Waals surface area (Å²) in [6.45, 7) is 2.14. The average Bonchev–Trinajstić information content (AvgIpc) is 2.73. The summed E-state index contributed by atoms with van der Waals surface area (Å²) in [6.07, 6.45) is 2.37. The van der Waals surface area contributed by atoms with Gasteiger partial charge in [0.1, 0.15) is 11.4 Å². The third-order valence-electron chi connectivity index (χ3n) is 6.59. The van der Waals surface area contributed by atoms with Gasteiger partial charge in [-0.1, -0.05) is 13.0 Å². The first kappa shape index (κ1) is 14.5. The van der Waals surface area contributed by atoms with Crippen molar-refractivity contribution in [3.8, 4) is 5.75 Å². The van der Waals surface area contributed by atoms with Gasteiger partial charge in [0.2, 0.25) is 0 Å². The molecule has 3 aliphatic rings. The molecular formula is C18H24O4. The molecule has 4 heteroatoms. The van der Waals surface area contributed by atoms with Gasteiger partial charge in [0, 0.05) is 0 Å². The number of aliphatic hydroxyl groups excluding tert-OH is 2. The lowest BCUT2D eigenvalue weighted by atomic mass is 9.52. The van der Waals surface area contributed by atoms with Gasteiger partial charge < -0.3 is 20.4 Å². The maximum Gasteiger partial charge on any atom is 0.119 e. The Hall–Kier alpha value is -1.10. The van der Waals surface area contributed by atoms with Crippen molar-refractivity contribution in [1.29, 1.82) is 0 Å². The fourth-order valence-corrected chi connectivity index (χ4v) is 5.68. The van der Waals surface area contributed by atoms with Crippen LogP contribution >= 0.6 is 0 Å². The summed E-state index contributed by atoms with van der Waals surface area (Å²) >= 11 is 0. The Labute approximate surface area is 130 Å². The number of phenolic OH excluding ortho intramolecular Hbond substituents is 1. The first-order valence-corrected chi connectivity index (χ1v) is 8.25. The van der Waals surface area contributed by atoms with E-state index in [9.17, 15) is 20.4 Å². The molecule has 1 aromatic carbocycles. The molecule has 4 nitrogen and oxygen atoms in total. The van der Waals surface area contributed by atoms with Crippen molar-refractivity contribution < 1.29 is 20.4 Å². The van der Waals surface area contributed by atoms with E-state index in [1.54, 1.807) is 18.2 Å². The van der Waals surface area contributed by atoms with Crippen LogP contribution in [0.3, 0.4) is 0 Å². The third kappa shape index (κ3) is 1.75. The fourth-order valence-electron chi connectivity index (χ4n) is 5.68. The van der Waals surface area contributed by atoms with Gasteiger partial charge in [-0.05, 0) is 72.6 Å². The van der Waals surface area contributed by atoms with Crippen LogP contribution in [0.4, 0.5) is 0 Å². The monoisotopic (exact) mass is 304 g/mol. The molecule has 0 saturated heterocycles. The molecule has 2 unspecified atom stereocenters. The second kappa shape index (κ2) is 4.47. The molecule has 0 aromatic heterocycles. The van der Waals surface area contributed by atoms with E-state index in [2.05, 4.69) is 6.92 Å². The van der Waals surface area contributed by atoms with Crippen LogP contribution in [0.15, 0.2) is 18.2 Å². The number of fused-ring (bicyclic) bond motifs is 5. The Balaban J connectivity index is 1.83. The van der Waals surface area contributed by atoms with E-state index in [1.807, 2.05) is 0 Å². The van der Waals surface area contributed by atoms with Crippen molar-refractivity contribution in [1.82, 2.24) is 0 Å². The molecule has 6 atom stereocenters. The first-order valence-electron chi connectivity index (χ1n) is 8.25. The minimum absolute atomic E-state index is 0.0320. The predicted molar refractivity (Wildman–Crippen MR) is 81.3 cm³/mol. The topological polar surface area (TPSA) is 80.9 Å². The zero-order valence-corrected chi connectivity index (χ0v) is 12.9. The summed E-state index contributed by atoms with van der Waals surface area (Å²) in [4.78, 5) is 0. The van der Waals surface area contributed by atoms with Crippen LogP contribution in [0, 0.1) is 17.3 Å². The Kier molecular flexibility index (Phi) is 2.94. The normalized spacial score (nSPS) is 46.7. The van der Waals surface area contributed by atoms with E-state index >= 15 is 0 Å². The predicted octanol–water partition coefficient (Wildman–Crippen LogP) is 1.68. The molecule has 22 heavy (non-hydrogen) atoms. The molecule has 0 radical (unpaired) electrons. The summed E-state index contributed by atoms with van der Waals surface area (Å²) < 4.78 is 0. The Bertz CT molecular complexity index is 615. The summed E-state index contributed by atoms with van der Waals surface area (Å²) in [5, 5.41) is 42.0. The van der Waals surface area contributed by atoms with Crippen LogP contribution in [0.2, 0.25) is 0 Å². The number of aromatic hydroxyl groups is 1. The third-order valence-corrected chi connectivity index (χ3v) is 6.59. The van der Waals surface area contributed by atoms with Gasteiger partial charge in [-0.25, -0.2) is 0 Å². The zero-order valence-electron chi connectivity index (χ0n) is 12.9. The Morgan fingerprint density at radius 3 is 2.68 bits per heavy atom. The molecule has 0 spiro atoms. The zero-order chi connectivity index (χ0) is 15.7. The van der Waals surface area contributed by atoms with E-state index in [1.165, 1.54) is 0 Å². The molecule has 2 fully saturated rings. The van der Waals surface area contributed by atoms with Gasteiger partial charge in [-0.15, -0.1) is 0 Å². The average molecular weight is 304 g/mol. The summed E-state index contributed by atoms with van der Waals surface area (Å²) in [5.74, 6) is 0.403. The SMILES string of the molecule is C[C@@]12CC(O)C[C@H]1[C@@H]1CCc3cc(O)ccc3C1(O)[C@@H](O)C2. The highest BCUT2D eigenvalue weighted by atomic mass is 16.3. The fraction of sp³-hybridized carbons (Fsp3) is 0.667. The van der Waals surface area contributed by atoms with Crippen LogP contribution in [0.1, 0.15) is 43.7 Å². The van der Waals surface area contributed by atoms with Gasteiger partial charge in [-0.3, -0.25) is 0 Å². The largest absolute Gasteiger partial charge is 0.508 e. The minimum atomic E-state index is -1.25. The summed E-state index contributed by atoms with van der Waals surface area (Å²) in [6, 6.07) is 5.05. The number of hydrogen-bond acceptors (Lipinski definition) is 4. The molecule has 2 saturated carbocycles. The van der Waals surface area contributed by atoms with E-state index in [0.29, 0.717) is 19.3 Å². The number of aliphatic hydroxyl groups is 3. The van der Waals surface area contributed by atoms with Crippen molar-refractivity contribution in [2.24, 2.45) is 17.3 Å². The molecule has 1 aromatic rings. The highest BCUT2D eigenvalue weighted by Gasteiger charge is 2.62. The van der Waals surface area contributed by atoms with Gasteiger partial charge in [0.15, 0.2) is 0 Å². The number of phenols is 1. The van der Waals surface area contributed by atoms with E-state index in [4.69, 9.17) is 0 Å². The van der Waals surface area contributed by atoms with Crippen LogP contribution in [0.5, 0.6) is 5.75 Å². The van der Waals surface area contributed by atoms with E-state index < -0.39 is 11.7 Å². The van der Waals surface area contributed by atoms with Crippen molar-refractivity contribution in [2.45, 2.75) is 56.8 Å². The lowest BCUT2D eigenvalue weighted by Gasteiger charge is -2.56. The van der Waals surface area contributed by atoms with Gasteiger partial charge in [0.25, 0.3) is 0 Å². The van der Waals surface area contributed by atoms with Gasteiger partial charge >= 0.3 is 0 Å². The number of benzene rings is 1. The lowest BCUT2D eigenvalue weighted by molar-refractivity contribution is -0.197. The molecule has 4 N–H and O–H groups in total. The molecular weight excluding hydrogens is 280 g/mol. The molecule has 4 rings (SSSR count). The summed E-state index contributed by atoms with van der Waals surface area (Å²) in [5.41, 5.74) is 0.345. The lowest BCUT2D eigenvalue weighted by Crippen LogP contribution is -2.58. The quantitative estimate of drug-likeness (QED) is 0.588. The van der Waals surface area contributed by atoms with Crippen molar-refractivity contribution in [2.75, 3.05) is 0 Å². The number of rotatable bonds is 0. The van der Waals surface area contributed by atoms with Gasteiger partial charge in [-0.2, -0.15) is 0 Å². The Morgan fingerprint density at radius 2 is 1.91 bits per heavy atom. The highest BCUT2D eigenvalue weighted by Crippen LogP contribution is 2.62. The highest BCUT2D eigenvalue weighted by molar-refractivity contribution is 5.42. The maximum atomic E-state index is 11.4. The van der Waals surface area contributed by atoms with Crippen molar-refractivity contribution in [3.05, 3.63) is 29.3 Å². The van der Waals surface area contributed by atoms with Crippen LogP contribution in [0.25, 0.3) is 0 Å². The maximum absolute atomic E-state index is 11.4. The number of aryl methyl sites for hydroxylation is 1. The van der Waals surface area contributed by atoms with Crippen molar-refractivity contribution in [3.63, 3.8) is 0 Å². The van der Waals surface area contributed by atoms with Crippen LogP contribution < -0.4 is 0 Å². The second-order valence-electron chi connectivity index (χ2n) is 7.89. The van der Waals surface area contributed by atoms with Crippen molar-refractivity contribution >= 4 is 0 Å². The van der Waals surface area contributed by atoms with E-state index in [0.717, 1.165) is 24.0 Å². The van der Waals surface area contributed by atoms with Gasteiger partial charge in [0.05, 0.1) is 12.2 Å². The smallest absolute Gasteiger partial charge is 0.119 e. The van der Waals surface area contributed by atoms with Crippen LogP contribution in [-0.2, 0) is 12.0 Å². The molecule has 0 amide bonds. The van der Waals surface area contributed by atoms with E-state index in [-0.39, 0.29) is 29.1 Å². The minimum Gasteiger partial charge on any atom is -0.508 e. The molecule has 0 heterocycles. The Morgan fingerprint density at radius 1 is 1.14 bits per heavy atom. The molecule has 3 aliphatic carbocycles. The molecule has 0 aliphatic heterocycles. The molecule has 0 bridgehead atoms. The molecule has 120 valence electrons. The number of hydrogen-bond donors (Lipinski definition) is 4.